The van der Waals surface area contributed by atoms with Crippen molar-refractivity contribution in [2.75, 3.05) is 44.2 Å². The number of benzene rings is 1. The van der Waals surface area contributed by atoms with Crippen LogP contribution >= 0.6 is 0 Å². The van der Waals surface area contributed by atoms with Crippen LogP contribution in [0.3, 0.4) is 0 Å². The van der Waals surface area contributed by atoms with Gasteiger partial charge in [0.2, 0.25) is 0 Å². The van der Waals surface area contributed by atoms with Gasteiger partial charge in [0.15, 0.2) is 5.96 Å². The minimum absolute atomic E-state index is 0.487. The van der Waals surface area contributed by atoms with Crippen LogP contribution in [0.4, 0.5) is 5.69 Å². The predicted molar refractivity (Wildman–Crippen MR) is 120 cm³/mol. The zero-order chi connectivity index (χ0) is 19.8. The molecule has 2 aliphatic heterocycles. The smallest absolute Gasteiger partial charge is 0.191 e. The van der Waals surface area contributed by atoms with E-state index in [-0.39, 0.29) is 0 Å². The van der Waals surface area contributed by atoms with Crippen LogP contribution in [-0.2, 0) is 6.54 Å². The lowest BCUT2D eigenvalue weighted by Crippen LogP contribution is -2.48. The van der Waals surface area contributed by atoms with Crippen molar-refractivity contribution in [3.05, 3.63) is 54.1 Å². The van der Waals surface area contributed by atoms with Crippen LogP contribution in [0.25, 0.3) is 0 Å². The summed E-state index contributed by atoms with van der Waals surface area (Å²) in [4.78, 5) is 9.71. The van der Waals surface area contributed by atoms with Gasteiger partial charge >= 0.3 is 0 Å². The van der Waals surface area contributed by atoms with Gasteiger partial charge in [-0.2, -0.15) is 0 Å². The van der Waals surface area contributed by atoms with Gasteiger partial charge < -0.3 is 15.5 Å². The summed E-state index contributed by atoms with van der Waals surface area (Å²) in [6.45, 7) is 15.1. The first-order valence-corrected chi connectivity index (χ1v) is 10.5. The number of piperidine rings is 1. The monoisotopic (exact) mass is 381 g/mol. The molecule has 0 saturated carbocycles. The molecule has 0 radical (unpaired) electrons. The molecule has 5 heteroatoms. The summed E-state index contributed by atoms with van der Waals surface area (Å²) in [5.74, 6) is 0.925. The number of aliphatic imine (C=N–C) groups is 1. The number of hydrogen-bond donors (Lipinski definition) is 2. The fourth-order valence-corrected chi connectivity index (χ4v) is 3.84. The lowest BCUT2D eigenvalue weighted by Gasteiger charge is -2.33. The number of likely N-dealkylation sites (tertiary alicyclic amines) is 1. The Morgan fingerprint density at radius 2 is 1.96 bits per heavy atom. The van der Waals surface area contributed by atoms with E-state index in [0.29, 0.717) is 12.6 Å². The van der Waals surface area contributed by atoms with Crippen LogP contribution in [0.1, 0.15) is 32.3 Å². The first-order chi connectivity index (χ1) is 13.6. The number of anilines is 1. The van der Waals surface area contributed by atoms with Crippen LogP contribution in [0.2, 0.25) is 0 Å². The molecule has 0 atom stereocenters. The molecule has 0 aliphatic carbocycles. The minimum atomic E-state index is 0.487. The van der Waals surface area contributed by atoms with Gasteiger partial charge in [-0.05, 0) is 44.4 Å². The fourth-order valence-electron chi connectivity index (χ4n) is 3.84. The summed E-state index contributed by atoms with van der Waals surface area (Å²) < 4.78 is 0. The van der Waals surface area contributed by atoms with E-state index in [1.54, 1.807) is 0 Å². The Morgan fingerprint density at radius 3 is 2.64 bits per heavy atom. The Labute approximate surface area is 170 Å². The molecule has 0 amide bonds. The summed E-state index contributed by atoms with van der Waals surface area (Å²) in [5.41, 5.74) is 3.77. The van der Waals surface area contributed by atoms with Crippen molar-refractivity contribution in [3.63, 3.8) is 0 Å². The zero-order valence-electron chi connectivity index (χ0n) is 17.5. The normalized spacial score (nSPS) is 18.5. The van der Waals surface area contributed by atoms with Crippen molar-refractivity contribution >= 4 is 11.6 Å². The molecule has 0 bridgehead atoms. The van der Waals surface area contributed by atoms with E-state index in [2.05, 4.69) is 77.3 Å². The molecule has 2 N–H and O–H groups in total. The molecule has 152 valence electrons. The van der Waals surface area contributed by atoms with Gasteiger partial charge in [-0.25, -0.2) is 4.99 Å². The third kappa shape index (κ3) is 6.13. The molecule has 28 heavy (non-hydrogen) atoms. The summed E-state index contributed by atoms with van der Waals surface area (Å²) in [6.07, 6.45) is 6.74. The van der Waals surface area contributed by atoms with Crippen LogP contribution in [0, 0.1) is 0 Å². The molecule has 1 aromatic rings. The maximum Gasteiger partial charge on any atom is 0.191 e. The third-order valence-electron chi connectivity index (χ3n) is 5.28. The highest BCUT2D eigenvalue weighted by Gasteiger charge is 2.19. The van der Waals surface area contributed by atoms with Gasteiger partial charge in [0, 0.05) is 51.0 Å². The summed E-state index contributed by atoms with van der Waals surface area (Å²) >= 11 is 0. The Morgan fingerprint density at radius 1 is 1.21 bits per heavy atom. The highest BCUT2D eigenvalue weighted by molar-refractivity contribution is 5.80. The fraction of sp³-hybridized carbons (Fsp3) is 0.522. The van der Waals surface area contributed by atoms with Crippen molar-refractivity contribution in [1.29, 1.82) is 0 Å². The van der Waals surface area contributed by atoms with Crippen LogP contribution in [0.5, 0.6) is 0 Å². The van der Waals surface area contributed by atoms with Gasteiger partial charge in [-0.15, -0.1) is 0 Å². The van der Waals surface area contributed by atoms with Gasteiger partial charge in [-0.3, -0.25) is 4.90 Å². The van der Waals surface area contributed by atoms with E-state index in [0.717, 1.165) is 58.1 Å². The summed E-state index contributed by atoms with van der Waals surface area (Å²) in [7, 11) is 0. The van der Waals surface area contributed by atoms with Crippen LogP contribution in [0.15, 0.2) is 53.6 Å². The minimum Gasteiger partial charge on any atom is -0.364 e. The molecular weight excluding hydrogens is 346 g/mol. The lowest BCUT2D eigenvalue weighted by molar-refractivity contribution is 0.221. The molecule has 3 rings (SSSR count). The quantitative estimate of drug-likeness (QED) is 0.433. The van der Waals surface area contributed by atoms with Gasteiger partial charge in [0.25, 0.3) is 0 Å². The predicted octanol–water partition coefficient (Wildman–Crippen LogP) is 3.16. The van der Waals surface area contributed by atoms with Crippen molar-refractivity contribution in [2.45, 2.75) is 39.3 Å². The maximum atomic E-state index is 4.85. The SMILES string of the molecule is C=C(C)CN1CCC(NC(=NCc2cccc(N3CC=CC3)c2)NCC)CC1. The van der Waals surface area contributed by atoms with Crippen LogP contribution in [-0.4, -0.2) is 56.2 Å². The second kappa shape index (κ2) is 10.3. The van der Waals surface area contributed by atoms with Crippen molar-refractivity contribution in [1.82, 2.24) is 15.5 Å². The average molecular weight is 382 g/mol. The van der Waals surface area contributed by atoms with Gasteiger partial charge in [0.05, 0.1) is 6.54 Å². The molecule has 2 aliphatic rings. The second-order valence-electron chi connectivity index (χ2n) is 7.89. The van der Waals surface area contributed by atoms with E-state index in [1.807, 2.05) is 0 Å². The molecule has 0 aromatic heterocycles. The van der Waals surface area contributed by atoms with E-state index in [4.69, 9.17) is 4.99 Å². The highest BCUT2D eigenvalue weighted by Crippen LogP contribution is 2.19. The van der Waals surface area contributed by atoms with E-state index in [9.17, 15) is 0 Å². The van der Waals surface area contributed by atoms with Gasteiger partial charge in [-0.1, -0.05) is 36.4 Å². The maximum absolute atomic E-state index is 4.85. The number of rotatable bonds is 7. The first kappa shape index (κ1) is 20.5. The van der Waals surface area contributed by atoms with E-state index in [1.165, 1.54) is 16.8 Å². The molecule has 1 aromatic carbocycles. The first-order valence-electron chi connectivity index (χ1n) is 10.5. The van der Waals surface area contributed by atoms with Crippen molar-refractivity contribution in [2.24, 2.45) is 4.99 Å². The summed E-state index contributed by atoms with van der Waals surface area (Å²) in [6, 6.07) is 9.23. The van der Waals surface area contributed by atoms with Crippen molar-refractivity contribution < 1.29 is 0 Å². The number of nitrogens with zero attached hydrogens (tertiary/aromatic N) is 3. The van der Waals surface area contributed by atoms with E-state index >= 15 is 0 Å². The van der Waals surface area contributed by atoms with Crippen LogP contribution < -0.4 is 15.5 Å². The topological polar surface area (TPSA) is 42.9 Å². The molecular formula is C23H35N5. The standard InChI is InChI=1S/C23H35N5/c1-4-24-23(26-21-10-14-27(15-11-21)18-19(2)3)25-17-20-8-7-9-22(16-20)28-12-5-6-13-28/h5-9,16,21H,2,4,10-15,17-18H2,1,3H3,(H2,24,25,26). The second-order valence-corrected chi connectivity index (χ2v) is 7.89. The number of guanidine groups is 1. The molecule has 1 fully saturated rings. The number of nitrogens with one attached hydrogen (secondary N) is 2. The molecule has 0 unspecified atom stereocenters. The molecule has 1 saturated heterocycles. The lowest BCUT2D eigenvalue weighted by atomic mass is 10.0. The summed E-state index contributed by atoms with van der Waals surface area (Å²) in [5, 5.41) is 7.04. The largest absolute Gasteiger partial charge is 0.364 e. The average Bonchev–Trinajstić information content (AvgIpc) is 3.22. The number of hydrogen-bond acceptors (Lipinski definition) is 3. The molecule has 5 nitrogen and oxygen atoms in total. The molecule has 2 heterocycles. The Hall–Kier alpha value is -2.27. The van der Waals surface area contributed by atoms with Crippen molar-refractivity contribution in [3.8, 4) is 0 Å². The molecule has 0 spiro atoms. The third-order valence-corrected chi connectivity index (χ3v) is 5.28. The highest BCUT2D eigenvalue weighted by atomic mass is 15.2. The van der Waals surface area contributed by atoms with Gasteiger partial charge in [0.1, 0.15) is 0 Å². The Bertz CT molecular complexity index is 693. The Kier molecular flexibility index (Phi) is 7.54. The Balaban J connectivity index is 1.54. The zero-order valence-corrected chi connectivity index (χ0v) is 17.5. The van der Waals surface area contributed by atoms with E-state index < -0.39 is 0 Å².